The number of methoxy groups -OCH3 is 1. The van der Waals surface area contributed by atoms with Gasteiger partial charge in [-0.3, -0.25) is 4.79 Å². The molecule has 0 saturated carbocycles. The van der Waals surface area contributed by atoms with Gasteiger partial charge in [-0.15, -0.1) is 0 Å². The molecule has 1 N–H and O–H groups in total. The second-order valence-corrected chi connectivity index (χ2v) is 5.17. The Hall–Kier alpha value is -2.81. The second-order valence-electron chi connectivity index (χ2n) is 5.17. The van der Waals surface area contributed by atoms with Crippen molar-refractivity contribution in [2.45, 2.75) is 6.92 Å². The van der Waals surface area contributed by atoms with Gasteiger partial charge in [0.15, 0.2) is 0 Å². The molecule has 1 amide bonds. The van der Waals surface area contributed by atoms with E-state index in [1.807, 2.05) is 61.5 Å². The lowest BCUT2D eigenvalue weighted by Gasteiger charge is -2.10. The Morgan fingerprint density at radius 1 is 1.00 bits per heavy atom. The van der Waals surface area contributed by atoms with Gasteiger partial charge in [-0.05, 0) is 42.1 Å². The molecule has 0 spiro atoms. The van der Waals surface area contributed by atoms with Gasteiger partial charge < -0.3 is 10.1 Å². The SMILES string of the molecule is COc1ccc(C(=O)Nc2cccc3ccccc23)cc1C. The molecule has 0 aliphatic carbocycles. The normalized spacial score (nSPS) is 10.5. The van der Waals surface area contributed by atoms with Crippen molar-refractivity contribution < 1.29 is 9.53 Å². The summed E-state index contributed by atoms with van der Waals surface area (Å²) in [5, 5.41) is 5.12. The molecule has 0 fully saturated rings. The molecule has 3 aromatic rings. The summed E-state index contributed by atoms with van der Waals surface area (Å²) < 4.78 is 5.22. The Kier molecular flexibility index (Phi) is 3.79. The van der Waals surface area contributed by atoms with E-state index in [1.54, 1.807) is 13.2 Å². The molecule has 3 aromatic carbocycles. The second kappa shape index (κ2) is 5.90. The highest BCUT2D eigenvalue weighted by Gasteiger charge is 2.10. The van der Waals surface area contributed by atoms with E-state index in [0.717, 1.165) is 27.8 Å². The van der Waals surface area contributed by atoms with Crippen LogP contribution < -0.4 is 10.1 Å². The molecular formula is C19H17NO2. The number of carbonyl (C=O) groups is 1. The number of hydrogen-bond acceptors (Lipinski definition) is 2. The predicted molar refractivity (Wildman–Crippen MR) is 89.6 cm³/mol. The molecule has 0 aromatic heterocycles. The van der Waals surface area contributed by atoms with Crippen molar-refractivity contribution in [3.05, 3.63) is 71.8 Å². The summed E-state index contributed by atoms with van der Waals surface area (Å²) in [6.07, 6.45) is 0. The molecule has 22 heavy (non-hydrogen) atoms. The van der Waals surface area contributed by atoms with Crippen LogP contribution in [0.5, 0.6) is 5.75 Å². The molecule has 0 saturated heterocycles. The molecular weight excluding hydrogens is 274 g/mol. The van der Waals surface area contributed by atoms with Gasteiger partial charge in [-0.2, -0.15) is 0 Å². The molecule has 0 heterocycles. The van der Waals surface area contributed by atoms with Crippen molar-refractivity contribution in [1.82, 2.24) is 0 Å². The molecule has 3 nitrogen and oxygen atoms in total. The lowest BCUT2D eigenvalue weighted by Crippen LogP contribution is -2.12. The summed E-state index contributed by atoms with van der Waals surface area (Å²) >= 11 is 0. The van der Waals surface area contributed by atoms with E-state index < -0.39 is 0 Å². The van der Waals surface area contributed by atoms with Crippen molar-refractivity contribution in [3.63, 3.8) is 0 Å². The third kappa shape index (κ3) is 2.66. The maximum atomic E-state index is 12.5. The zero-order valence-corrected chi connectivity index (χ0v) is 12.6. The highest BCUT2D eigenvalue weighted by Crippen LogP contribution is 2.24. The molecule has 0 unspecified atom stereocenters. The van der Waals surface area contributed by atoms with E-state index in [-0.39, 0.29) is 5.91 Å². The number of carbonyl (C=O) groups excluding carboxylic acids is 1. The maximum absolute atomic E-state index is 12.5. The summed E-state index contributed by atoms with van der Waals surface area (Å²) in [4.78, 5) is 12.5. The molecule has 0 atom stereocenters. The van der Waals surface area contributed by atoms with Gasteiger partial charge in [0.25, 0.3) is 5.91 Å². The first-order valence-corrected chi connectivity index (χ1v) is 7.13. The van der Waals surface area contributed by atoms with Crippen LogP contribution in [-0.4, -0.2) is 13.0 Å². The quantitative estimate of drug-likeness (QED) is 0.776. The number of nitrogens with one attached hydrogen (secondary N) is 1. The summed E-state index contributed by atoms with van der Waals surface area (Å²) in [5.41, 5.74) is 2.37. The highest BCUT2D eigenvalue weighted by molar-refractivity contribution is 6.09. The Bertz CT molecular complexity index is 834. The minimum absolute atomic E-state index is 0.123. The van der Waals surface area contributed by atoms with Crippen LogP contribution in [0.4, 0.5) is 5.69 Å². The van der Waals surface area contributed by atoms with E-state index in [4.69, 9.17) is 4.74 Å². The number of anilines is 1. The predicted octanol–water partition coefficient (Wildman–Crippen LogP) is 4.41. The van der Waals surface area contributed by atoms with Crippen molar-refractivity contribution in [1.29, 1.82) is 0 Å². The zero-order valence-electron chi connectivity index (χ0n) is 12.6. The van der Waals surface area contributed by atoms with Crippen LogP contribution in [0.1, 0.15) is 15.9 Å². The number of fused-ring (bicyclic) bond motifs is 1. The third-order valence-corrected chi connectivity index (χ3v) is 3.69. The Morgan fingerprint density at radius 2 is 1.77 bits per heavy atom. The van der Waals surface area contributed by atoms with Crippen molar-refractivity contribution in [3.8, 4) is 5.75 Å². The Labute approximate surface area is 129 Å². The molecule has 0 bridgehead atoms. The van der Waals surface area contributed by atoms with Crippen LogP contribution in [-0.2, 0) is 0 Å². The fraction of sp³-hybridized carbons (Fsp3) is 0.105. The summed E-state index contributed by atoms with van der Waals surface area (Å²) in [6.45, 7) is 1.92. The van der Waals surface area contributed by atoms with E-state index in [9.17, 15) is 4.79 Å². The first kappa shape index (κ1) is 14.1. The lowest BCUT2D eigenvalue weighted by atomic mass is 10.1. The van der Waals surface area contributed by atoms with Gasteiger partial charge >= 0.3 is 0 Å². The van der Waals surface area contributed by atoms with Gasteiger partial charge in [0.2, 0.25) is 0 Å². The molecule has 0 radical (unpaired) electrons. The number of hydrogen-bond donors (Lipinski definition) is 1. The van der Waals surface area contributed by atoms with E-state index in [1.165, 1.54) is 0 Å². The van der Waals surface area contributed by atoms with Gasteiger partial charge in [0.1, 0.15) is 5.75 Å². The monoisotopic (exact) mass is 291 g/mol. The fourth-order valence-electron chi connectivity index (χ4n) is 2.55. The van der Waals surface area contributed by atoms with Crippen LogP contribution >= 0.6 is 0 Å². The van der Waals surface area contributed by atoms with Crippen molar-refractivity contribution in [2.24, 2.45) is 0 Å². The number of aryl methyl sites for hydroxylation is 1. The number of rotatable bonds is 3. The lowest BCUT2D eigenvalue weighted by molar-refractivity contribution is 0.102. The van der Waals surface area contributed by atoms with Crippen molar-refractivity contribution in [2.75, 3.05) is 12.4 Å². The van der Waals surface area contributed by atoms with Crippen LogP contribution in [0, 0.1) is 6.92 Å². The molecule has 3 heteroatoms. The van der Waals surface area contributed by atoms with Gasteiger partial charge in [-0.1, -0.05) is 36.4 Å². The average Bonchev–Trinajstić information content (AvgIpc) is 2.55. The average molecular weight is 291 g/mol. The van der Waals surface area contributed by atoms with Crippen LogP contribution in [0.25, 0.3) is 10.8 Å². The number of amides is 1. The first-order valence-electron chi connectivity index (χ1n) is 7.13. The fourth-order valence-corrected chi connectivity index (χ4v) is 2.55. The van der Waals surface area contributed by atoms with Gasteiger partial charge in [0, 0.05) is 16.6 Å². The topological polar surface area (TPSA) is 38.3 Å². The summed E-state index contributed by atoms with van der Waals surface area (Å²) in [6, 6.07) is 19.3. The molecule has 0 aliphatic rings. The molecule has 110 valence electrons. The summed E-state index contributed by atoms with van der Waals surface area (Å²) in [5.74, 6) is 0.656. The highest BCUT2D eigenvalue weighted by atomic mass is 16.5. The minimum atomic E-state index is -0.123. The largest absolute Gasteiger partial charge is 0.496 e. The van der Waals surface area contributed by atoms with Crippen molar-refractivity contribution >= 4 is 22.4 Å². The first-order chi connectivity index (χ1) is 10.7. The number of ether oxygens (including phenoxy) is 1. The maximum Gasteiger partial charge on any atom is 0.255 e. The van der Waals surface area contributed by atoms with E-state index in [0.29, 0.717) is 5.56 Å². The van der Waals surface area contributed by atoms with Crippen LogP contribution in [0.3, 0.4) is 0 Å². The Morgan fingerprint density at radius 3 is 2.55 bits per heavy atom. The van der Waals surface area contributed by atoms with Gasteiger partial charge in [0.05, 0.1) is 7.11 Å². The molecule has 3 rings (SSSR count). The minimum Gasteiger partial charge on any atom is -0.496 e. The smallest absolute Gasteiger partial charge is 0.255 e. The standard InChI is InChI=1S/C19H17NO2/c1-13-12-15(10-11-18(13)22-2)19(21)20-17-9-5-7-14-6-3-4-8-16(14)17/h3-12H,1-2H3,(H,20,21). The van der Waals surface area contributed by atoms with Gasteiger partial charge in [-0.25, -0.2) is 0 Å². The molecule has 0 aliphatic heterocycles. The zero-order chi connectivity index (χ0) is 15.5. The van der Waals surface area contributed by atoms with E-state index >= 15 is 0 Å². The van der Waals surface area contributed by atoms with Crippen LogP contribution in [0.15, 0.2) is 60.7 Å². The number of benzene rings is 3. The third-order valence-electron chi connectivity index (χ3n) is 3.69. The Balaban J connectivity index is 1.92. The summed E-state index contributed by atoms with van der Waals surface area (Å²) in [7, 11) is 1.62. The van der Waals surface area contributed by atoms with E-state index in [2.05, 4.69) is 5.32 Å². The van der Waals surface area contributed by atoms with Crippen LogP contribution in [0.2, 0.25) is 0 Å².